The van der Waals surface area contributed by atoms with Gasteiger partial charge in [-0.3, -0.25) is 9.59 Å². The van der Waals surface area contributed by atoms with E-state index >= 15 is 0 Å². The van der Waals surface area contributed by atoms with Gasteiger partial charge in [0.2, 0.25) is 5.91 Å². The van der Waals surface area contributed by atoms with Crippen LogP contribution in [0.15, 0.2) is 30.5 Å². The van der Waals surface area contributed by atoms with Gasteiger partial charge in [0.1, 0.15) is 11.6 Å². The summed E-state index contributed by atoms with van der Waals surface area (Å²) in [6.07, 6.45) is 3.74. The summed E-state index contributed by atoms with van der Waals surface area (Å²) in [5.41, 5.74) is 1.83. The Morgan fingerprint density at radius 2 is 2.24 bits per heavy atom. The minimum absolute atomic E-state index is 0.0264. The highest BCUT2D eigenvalue weighted by atomic mass is 16.5. The number of benzene rings is 1. The summed E-state index contributed by atoms with van der Waals surface area (Å²) in [4.78, 5) is 23.5. The van der Waals surface area contributed by atoms with Crippen molar-refractivity contribution in [3.8, 4) is 5.75 Å². The molecule has 0 radical (unpaired) electrons. The van der Waals surface area contributed by atoms with Gasteiger partial charge in [0.25, 0.3) is 5.91 Å². The van der Waals surface area contributed by atoms with Crippen LogP contribution >= 0.6 is 0 Å². The molecule has 1 aromatic heterocycles. The molecule has 0 bridgehead atoms. The average molecular weight is 342 g/mol. The molecule has 7 nitrogen and oxygen atoms in total. The molecule has 2 heterocycles. The molecule has 1 aromatic carbocycles. The monoisotopic (exact) mass is 342 g/mol. The highest BCUT2D eigenvalue weighted by molar-refractivity contribution is 5.94. The normalized spacial score (nSPS) is 14.4. The Morgan fingerprint density at radius 1 is 1.40 bits per heavy atom. The van der Waals surface area contributed by atoms with E-state index in [1.54, 1.807) is 29.1 Å². The zero-order chi connectivity index (χ0) is 17.8. The molecule has 132 valence electrons. The number of amides is 2. The van der Waals surface area contributed by atoms with Crippen LogP contribution in [0.1, 0.15) is 38.3 Å². The minimum atomic E-state index is -0.240. The van der Waals surface area contributed by atoms with Gasteiger partial charge >= 0.3 is 0 Å². The van der Waals surface area contributed by atoms with Crippen LogP contribution in [0.5, 0.6) is 5.75 Å². The van der Waals surface area contributed by atoms with E-state index in [1.807, 2.05) is 13.0 Å². The lowest BCUT2D eigenvalue weighted by Crippen LogP contribution is -2.23. The first-order valence-electron chi connectivity index (χ1n) is 8.45. The van der Waals surface area contributed by atoms with Crippen LogP contribution in [0.4, 0.5) is 11.5 Å². The number of rotatable bonds is 6. The molecule has 7 heteroatoms. The molecular weight excluding hydrogens is 320 g/mol. The largest absolute Gasteiger partial charge is 0.484 e. The Hall–Kier alpha value is -2.83. The van der Waals surface area contributed by atoms with Crippen molar-refractivity contribution in [2.45, 2.75) is 39.2 Å². The third-order valence-corrected chi connectivity index (χ3v) is 4.29. The fourth-order valence-corrected chi connectivity index (χ4v) is 2.71. The second-order valence-corrected chi connectivity index (χ2v) is 6.12. The smallest absolute Gasteiger partial charge is 0.263 e. The standard InChI is InChI=1S/C18H22N4O3/c1-3-12(2)22-16(8-9-19-22)21-18(24)11-25-14-5-6-15-13(10-14)4-7-17(23)20-15/h5-6,8-10,12H,3-4,7,11H2,1-2H3,(H,20,23)(H,21,24). The Labute approximate surface area is 146 Å². The van der Waals surface area contributed by atoms with E-state index in [0.29, 0.717) is 24.4 Å². The lowest BCUT2D eigenvalue weighted by atomic mass is 10.0. The molecular formula is C18H22N4O3. The number of aromatic nitrogens is 2. The number of hydrogen-bond donors (Lipinski definition) is 2. The second kappa shape index (κ2) is 7.38. The van der Waals surface area contributed by atoms with Crippen molar-refractivity contribution in [3.63, 3.8) is 0 Å². The molecule has 1 unspecified atom stereocenters. The predicted molar refractivity (Wildman–Crippen MR) is 94.7 cm³/mol. The lowest BCUT2D eigenvalue weighted by Gasteiger charge is -2.18. The molecule has 1 aliphatic heterocycles. The van der Waals surface area contributed by atoms with E-state index in [-0.39, 0.29) is 24.5 Å². The van der Waals surface area contributed by atoms with Gasteiger partial charge in [-0.2, -0.15) is 5.10 Å². The van der Waals surface area contributed by atoms with Gasteiger partial charge in [-0.25, -0.2) is 4.68 Å². The predicted octanol–water partition coefficient (Wildman–Crippen LogP) is 2.76. The number of carbonyl (C=O) groups excluding carboxylic acids is 2. The van der Waals surface area contributed by atoms with Crippen molar-refractivity contribution in [2.24, 2.45) is 0 Å². The fourth-order valence-electron chi connectivity index (χ4n) is 2.71. The number of anilines is 2. The van der Waals surface area contributed by atoms with E-state index in [9.17, 15) is 9.59 Å². The maximum absolute atomic E-state index is 12.1. The number of aryl methyl sites for hydroxylation is 1. The number of fused-ring (bicyclic) bond motifs is 1. The van der Waals surface area contributed by atoms with E-state index in [4.69, 9.17) is 4.74 Å². The average Bonchev–Trinajstić information content (AvgIpc) is 3.07. The van der Waals surface area contributed by atoms with E-state index in [1.165, 1.54) is 0 Å². The van der Waals surface area contributed by atoms with Gasteiger partial charge in [-0.1, -0.05) is 6.92 Å². The number of ether oxygens (including phenoxy) is 1. The molecule has 3 rings (SSSR count). The second-order valence-electron chi connectivity index (χ2n) is 6.12. The van der Waals surface area contributed by atoms with Crippen LogP contribution in [0.3, 0.4) is 0 Å². The molecule has 0 spiro atoms. The van der Waals surface area contributed by atoms with Gasteiger partial charge < -0.3 is 15.4 Å². The molecule has 1 atom stereocenters. The van der Waals surface area contributed by atoms with Crippen molar-refractivity contribution in [1.82, 2.24) is 9.78 Å². The summed E-state index contributed by atoms with van der Waals surface area (Å²) in [7, 11) is 0. The van der Waals surface area contributed by atoms with E-state index in [0.717, 1.165) is 17.7 Å². The van der Waals surface area contributed by atoms with Crippen molar-refractivity contribution in [2.75, 3.05) is 17.2 Å². The highest BCUT2D eigenvalue weighted by Crippen LogP contribution is 2.26. The van der Waals surface area contributed by atoms with Crippen molar-refractivity contribution < 1.29 is 14.3 Å². The number of nitrogens with zero attached hydrogens (tertiary/aromatic N) is 2. The molecule has 2 amide bonds. The summed E-state index contributed by atoms with van der Waals surface area (Å²) < 4.78 is 7.37. The molecule has 0 saturated carbocycles. The van der Waals surface area contributed by atoms with Gasteiger partial charge in [0.15, 0.2) is 6.61 Å². The summed E-state index contributed by atoms with van der Waals surface area (Å²) >= 11 is 0. The maximum atomic E-state index is 12.1. The van der Waals surface area contributed by atoms with Crippen LogP contribution in [0, 0.1) is 0 Å². The first-order chi connectivity index (χ1) is 12.1. The molecule has 2 N–H and O–H groups in total. The third-order valence-electron chi connectivity index (χ3n) is 4.29. The molecule has 0 fully saturated rings. The van der Waals surface area contributed by atoms with Crippen LogP contribution in [0.25, 0.3) is 0 Å². The minimum Gasteiger partial charge on any atom is -0.484 e. The van der Waals surface area contributed by atoms with E-state index < -0.39 is 0 Å². The molecule has 1 aliphatic rings. The van der Waals surface area contributed by atoms with Crippen LogP contribution in [-0.4, -0.2) is 28.2 Å². The van der Waals surface area contributed by atoms with Crippen molar-refractivity contribution in [3.05, 3.63) is 36.0 Å². The quantitative estimate of drug-likeness (QED) is 0.845. The van der Waals surface area contributed by atoms with Crippen molar-refractivity contribution >= 4 is 23.3 Å². The van der Waals surface area contributed by atoms with Crippen molar-refractivity contribution in [1.29, 1.82) is 0 Å². The Kier molecular flexibility index (Phi) is 5.02. The number of hydrogen-bond acceptors (Lipinski definition) is 4. The molecule has 25 heavy (non-hydrogen) atoms. The van der Waals surface area contributed by atoms with Gasteiger partial charge in [-0.05, 0) is 43.5 Å². The van der Waals surface area contributed by atoms with Gasteiger partial charge in [0.05, 0.1) is 12.2 Å². The first kappa shape index (κ1) is 17.0. The Bertz CT molecular complexity index is 784. The summed E-state index contributed by atoms with van der Waals surface area (Å²) in [5.74, 6) is 1.06. The zero-order valence-corrected chi connectivity index (χ0v) is 14.4. The molecule has 0 aliphatic carbocycles. The van der Waals surface area contributed by atoms with Crippen LogP contribution < -0.4 is 15.4 Å². The van der Waals surface area contributed by atoms with Gasteiger partial charge in [0, 0.05) is 18.2 Å². The zero-order valence-electron chi connectivity index (χ0n) is 14.4. The fraction of sp³-hybridized carbons (Fsp3) is 0.389. The lowest BCUT2D eigenvalue weighted by molar-refractivity contribution is -0.118. The van der Waals surface area contributed by atoms with Crippen LogP contribution in [-0.2, 0) is 16.0 Å². The highest BCUT2D eigenvalue weighted by Gasteiger charge is 2.16. The third kappa shape index (κ3) is 3.99. The SMILES string of the molecule is CCC(C)n1nccc1NC(=O)COc1ccc2c(c1)CCC(=O)N2. The Morgan fingerprint density at radius 3 is 3.04 bits per heavy atom. The van der Waals surface area contributed by atoms with Crippen LogP contribution in [0.2, 0.25) is 0 Å². The summed E-state index contributed by atoms with van der Waals surface area (Å²) in [6, 6.07) is 7.40. The van der Waals surface area contributed by atoms with Gasteiger partial charge in [-0.15, -0.1) is 0 Å². The molecule has 0 saturated heterocycles. The van der Waals surface area contributed by atoms with E-state index in [2.05, 4.69) is 22.7 Å². The Balaban J connectivity index is 1.58. The topological polar surface area (TPSA) is 85.2 Å². The first-order valence-corrected chi connectivity index (χ1v) is 8.45. The number of carbonyl (C=O) groups is 2. The number of nitrogens with one attached hydrogen (secondary N) is 2. The maximum Gasteiger partial charge on any atom is 0.263 e. The summed E-state index contributed by atoms with van der Waals surface area (Å²) in [6.45, 7) is 4.03. The molecule has 2 aromatic rings. The summed E-state index contributed by atoms with van der Waals surface area (Å²) in [5, 5.41) is 9.88.